The second-order valence-electron chi connectivity index (χ2n) is 6.79. The Hall–Kier alpha value is -0.930. The van der Waals surface area contributed by atoms with Crippen LogP contribution >= 0.6 is 11.3 Å². The highest BCUT2D eigenvalue weighted by atomic mass is 32.1. The predicted octanol–water partition coefficient (Wildman–Crippen LogP) is 5.67. The molecule has 0 aliphatic carbocycles. The molecule has 0 amide bonds. The zero-order valence-corrected chi connectivity index (χ0v) is 15.8. The fourth-order valence-corrected chi connectivity index (χ4v) is 4.22. The van der Waals surface area contributed by atoms with Crippen molar-refractivity contribution in [3.63, 3.8) is 0 Å². The number of para-hydroxylation sites is 1. The van der Waals surface area contributed by atoms with Gasteiger partial charge in [-0.05, 0) is 49.9 Å². The molecule has 2 heterocycles. The molecule has 2 nitrogen and oxygen atoms in total. The zero-order chi connectivity index (χ0) is 16.5. The number of aromatic nitrogens is 1. The van der Waals surface area contributed by atoms with E-state index in [2.05, 4.69) is 50.4 Å². The van der Waals surface area contributed by atoms with Crippen LogP contribution in [0.1, 0.15) is 57.9 Å². The van der Waals surface area contributed by atoms with Gasteiger partial charge in [0.2, 0.25) is 0 Å². The van der Waals surface area contributed by atoms with Crippen molar-refractivity contribution in [2.75, 3.05) is 13.1 Å². The predicted molar refractivity (Wildman–Crippen MR) is 103 cm³/mol. The average molecular weight is 333 g/mol. The smallest absolute Gasteiger partial charge is 0.0941 e. The van der Waals surface area contributed by atoms with Crippen LogP contribution < -0.4 is 5.32 Å². The first-order chi connectivity index (χ1) is 11.2. The Morgan fingerprint density at radius 3 is 2.70 bits per heavy atom. The normalized spacial score (nSPS) is 19.2. The molecule has 3 heteroatoms. The molecule has 1 fully saturated rings. The Bertz CT molecular complexity index is 525. The summed E-state index contributed by atoms with van der Waals surface area (Å²) < 4.78 is 1.32. The number of thiazole rings is 1. The Morgan fingerprint density at radius 1 is 1.30 bits per heavy atom. The third-order valence-corrected chi connectivity index (χ3v) is 5.68. The highest BCUT2D eigenvalue weighted by Gasteiger charge is 2.10. The highest BCUT2D eigenvalue weighted by molar-refractivity contribution is 7.18. The molecule has 0 bridgehead atoms. The van der Waals surface area contributed by atoms with Gasteiger partial charge in [0, 0.05) is 6.42 Å². The van der Waals surface area contributed by atoms with Crippen LogP contribution in [0.15, 0.2) is 24.3 Å². The first-order valence-corrected chi connectivity index (χ1v) is 10.1. The number of rotatable bonds is 5. The van der Waals surface area contributed by atoms with Crippen LogP contribution in [0.5, 0.6) is 0 Å². The minimum Gasteiger partial charge on any atom is -0.316 e. The maximum Gasteiger partial charge on any atom is 0.0941 e. The Morgan fingerprint density at radius 2 is 2.13 bits per heavy atom. The van der Waals surface area contributed by atoms with Gasteiger partial charge in [-0.1, -0.05) is 52.2 Å². The first-order valence-electron chi connectivity index (χ1n) is 9.28. The number of hydrogen-bond acceptors (Lipinski definition) is 3. The van der Waals surface area contributed by atoms with E-state index in [1.54, 1.807) is 0 Å². The molecule has 3 rings (SSSR count). The third-order valence-electron chi connectivity index (χ3n) is 4.62. The van der Waals surface area contributed by atoms with Crippen molar-refractivity contribution in [2.24, 2.45) is 11.8 Å². The van der Waals surface area contributed by atoms with Crippen molar-refractivity contribution in [3.8, 4) is 0 Å². The molecule has 0 spiro atoms. The Balaban J connectivity index is 0.000000229. The molecule has 23 heavy (non-hydrogen) atoms. The molecular weight excluding hydrogens is 300 g/mol. The summed E-state index contributed by atoms with van der Waals surface area (Å²) in [6.07, 6.45) is 7.83. The topological polar surface area (TPSA) is 24.9 Å². The van der Waals surface area contributed by atoms with Crippen LogP contribution in [-0.4, -0.2) is 18.1 Å². The van der Waals surface area contributed by atoms with E-state index in [1.807, 2.05) is 11.3 Å². The number of fused-ring (bicyclic) bond motifs is 1. The molecule has 2 aromatic rings. The largest absolute Gasteiger partial charge is 0.316 e. The molecule has 0 radical (unpaired) electrons. The molecule has 0 saturated carbocycles. The Labute approximate surface area is 145 Å². The van der Waals surface area contributed by atoms with Gasteiger partial charge in [0.1, 0.15) is 0 Å². The van der Waals surface area contributed by atoms with Crippen molar-refractivity contribution in [1.29, 1.82) is 0 Å². The standard InChI is InChI=1S/C14H19NS.C6H13N/c1-3-7-11(4-2)10-14-15-12-8-5-6-9-13(12)16-14;1-6-3-2-4-7-5-6/h5-6,8-9,11H,3-4,7,10H2,1-2H3;6-7H,2-5H2,1H3. The van der Waals surface area contributed by atoms with E-state index in [0.717, 1.165) is 23.8 Å². The molecule has 1 aliphatic rings. The van der Waals surface area contributed by atoms with Crippen LogP contribution in [-0.2, 0) is 6.42 Å². The van der Waals surface area contributed by atoms with Crippen molar-refractivity contribution in [2.45, 2.75) is 59.3 Å². The lowest BCUT2D eigenvalue weighted by atomic mass is 9.97. The number of hydrogen-bond donors (Lipinski definition) is 1. The van der Waals surface area contributed by atoms with Crippen molar-refractivity contribution >= 4 is 21.6 Å². The lowest BCUT2D eigenvalue weighted by Crippen LogP contribution is -2.27. The van der Waals surface area contributed by atoms with Crippen molar-refractivity contribution in [3.05, 3.63) is 29.3 Å². The summed E-state index contributed by atoms with van der Waals surface area (Å²) in [5.41, 5.74) is 1.16. The monoisotopic (exact) mass is 332 g/mol. The molecular formula is C20H32N2S. The van der Waals surface area contributed by atoms with Gasteiger partial charge >= 0.3 is 0 Å². The van der Waals surface area contributed by atoms with E-state index < -0.39 is 0 Å². The lowest BCUT2D eigenvalue weighted by Gasteiger charge is -2.17. The minimum absolute atomic E-state index is 0.811. The average Bonchev–Trinajstić information content (AvgIpc) is 2.98. The summed E-state index contributed by atoms with van der Waals surface area (Å²) in [6, 6.07) is 8.43. The number of nitrogens with zero attached hydrogens (tertiary/aromatic N) is 1. The summed E-state index contributed by atoms with van der Waals surface area (Å²) in [4.78, 5) is 4.70. The van der Waals surface area contributed by atoms with E-state index in [0.29, 0.717) is 0 Å². The third kappa shape index (κ3) is 6.23. The van der Waals surface area contributed by atoms with Gasteiger partial charge in [0.25, 0.3) is 0 Å². The van der Waals surface area contributed by atoms with Crippen LogP contribution in [0.2, 0.25) is 0 Å². The summed E-state index contributed by atoms with van der Waals surface area (Å²) in [6.45, 7) is 9.32. The van der Waals surface area contributed by atoms with E-state index in [-0.39, 0.29) is 0 Å². The maximum absolute atomic E-state index is 4.70. The second kappa shape index (κ2) is 10.0. The van der Waals surface area contributed by atoms with Crippen molar-refractivity contribution in [1.82, 2.24) is 10.3 Å². The molecule has 1 aliphatic heterocycles. The number of benzene rings is 1. The van der Waals surface area contributed by atoms with E-state index in [4.69, 9.17) is 4.98 Å². The van der Waals surface area contributed by atoms with Gasteiger partial charge < -0.3 is 5.32 Å². The molecule has 1 N–H and O–H groups in total. The van der Waals surface area contributed by atoms with Gasteiger partial charge in [0.05, 0.1) is 15.2 Å². The summed E-state index contributed by atoms with van der Waals surface area (Å²) in [7, 11) is 0. The van der Waals surface area contributed by atoms with Crippen LogP contribution in [0, 0.1) is 11.8 Å². The first kappa shape index (κ1) is 18.4. The van der Waals surface area contributed by atoms with Crippen LogP contribution in [0.25, 0.3) is 10.2 Å². The van der Waals surface area contributed by atoms with Crippen LogP contribution in [0.3, 0.4) is 0 Å². The summed E-state index contributed by atoms with van der Waals surface area (Å²) in [5, 5.41) is 4.64. The Kier molecular flexibility index (Phi) is 8.04. The second-order valence-corrected chi connectivity index (χ2v) is 7.91. The molecule has 1 saturated heterocycles. The summed E-state index contributed by atoms with van der Waals surface area (Å²) >= 11 is 1.86. The molecule has 2 unspecified atom stereocenters. The molecule has 1 aromatic carbocycles. The summed E-state index contributed by atoms with van der Waals surface area (Å²) in [5.74, 6) is 1.74. The van der Waals surface area contributed by atoms with E-state index in [1.165, 1.54) is 54.9 Å². The van der Waals surface area contributed by atoms with Crippen molar-refractivity contribution < 1.29 is 0 Å². The van der Waals surface area contributed by atoms with Gasteiger partial charge in [-0.25, -0.2) is 4.98 Å². The fourth-order valence-electron chi connectivity index (χ4n) is 3.14. The van der Waals surface area contributed by atoms with Gasteiger partial charge in [0.15, 0.2) is 0 Å². The SMILES string of the molecule is CC1CCCNC1.CCCC(CC)Cc1nc2ccccc2s1. The fraction of sp³-hybridized carbons (Fsp3) is 0.650. The maximum atomic E-state index is 4.70. The van der Waals surface area contributed by atoms with Gasteiger partial charge in [-0.15, -0.1) is 11.3 Å². The van der Waals surface area contributed by atoms with Gasteiger partial charge in [-0.3, -0.25) is 0 Å². The molecule has 1 aromatic heterocycles. The molecule has 128 valence electrons. The van der Waals surface area contributed by atoms with E-state index in [9.17, 15) is 0 Å². The minimum atomic E-state index is 0.811. The highest BCUT2D eigenvalue weighted by Crippen LogP contribution is 2.25. The lowest BCUT2D eigenvalue weighted by molar-refractivity contribution is 0.405. The number of piperidine rings is 1. The molecule has 2 atom stereocenters. The zero-order valence-electron chi connectivity index (χ0n) is 15.0. The quantitative estimate of drug-likeness (QED) is 0.763. The van der Waals surface area contributed by atoms with E-state index >= 15 is 0 Å². The van der Waals surface area contributed by atoms with Crippen LogP contribution in [0.4, 0.5) is 0 Å². The number of nitrogens with one attached hydrogen (secondary N) is 1. The van der Waals surface area contributed by atoms with Gasteiger partial charge in [-0.2, -0.15) is 0 Å².